The fourth-order valence-electron chi connectivity index (χ4n) is 1.61. The average molecular weight is 288 g/mol. The number of aliphatic hydroxyl groups excluding tert-OH is 1. The summed E-state index contributed by atoms with van der Waals surface area (Å²) in [6.07, 6.45) is 3.04. The highest BCUT2D eigenvalue weighted by molar-refractivity contribution is 5.90. The van der Waals surface area contributed by atoms with Crippen molar-refractivity contribution in [3.8, 4) is 11.8 Å². The number of amides is 1. The van der Waals surface area contributed by atoms with Gasteiger partial charge in [0.25, 0.3) is 0 Å². The van der Waals surface area contributed by atoms with Crippen LogP contribution >= 0.6 is 0 Å². The molecule has 7 heteroatoms. The molecule has 21 heavy (non-hydrogen) atoms. The summed E-state index contributed by atoms with van der Waals surface area (Å²) in [5.74, 6) is 4.12. The van der Waals surface area contributed by atoms with E-state index in [0.29, 0.717) is 12.1 Å². The third-order valence-corrected chi connectivity index (χ3v) is 2.59. The van der Waals surface area contributed by atoms with Crippen LogP contribution in [0.3, 0.4) is 0 Å². The summed E-state index contributed by atoms with van der Waals surface area (Å²) in [6, 6.07) is 4.21. The summed E-state index contributed by atoms with van der Waals surface area (Å²) in [4.78, 5) is 15.5. The predicted molar refractivity (Wildman–Crippen MR) is 73.6 cm³/mol. The highest BCUT2D eigenvalue weighted by atomic mass is 19.1. The molecule has 0 atom stereocenters. The lowest BCUT2D eigenvalue weighted by molar-refractivity contribution is -0.116. The van der Waals surface area contributed by atoms with Crippen molar-refractivity contribution < 1.29 is 14.3 Å². The molecule has 0 spiro atoms. The molecule has 0 aliphatic heterocycles. The zero-order valence-corrected chi connectivity index (χ0v) is 11.1. The van der Waals surface area contributed by atoms with Gasteiger partial charge in [0, 0.05) is 12.0 Å². The van der Waals surface area contributed by atoms with E-state index >= 15 is 0 Å². The first-order valence-corrected chi connectivity index (χ1v) is 6.20. The molecule has 0 fully saturated rings. The highest BCUT2D eigenvalue weighted by Gasteiger charge is 2.07. The molecule has 0 radical (unpaired) electrons. The predicted octanol–water partition coefficient (Wildman–Crippen LogP) is 0.790. The minimum atomic E-state index is -0.575. The lowest BCUT2D eigenvalue weighted by atomic mass is 10.2. The van der Waals surface area contributed by atoms with Gasteiger partial charge in [0.15, 0.2) is 0 Å². The Morgan fingerprint density at radius 2 is 2.33 bits per heavy atom. The number of rotatable bonds is 4. The van der Waals surface area contributed by atoms with Crippen LogP contribution in [0.4, 0.5) is 10.1 Å². The quantitative estimate of drug-likeness (QED) is 0.815. The van der Waals surface area contributed by atoms with E-state index in [1.165, 1.54) is 29.5 Å². The second-order valence-corrected chi connectivity index (χ2v) is 4.11. The molecule has 1 heterocycles. The van der Waals surface area contributed by atoms with Gasteiger partial charge in [0.2, 0.25) is 5.91 Å². The maximum absolute atomic E-state index is 13.8. The molecular weight excluding hydrogens is 275 g/mol. The highest BCUT2D eigenvalue weighted by Crippen LogP contribution is 2.15. The van der Waals surface area contributed by atoms with Crippen molar-refractivity contribution in [1.29, 1.82) is 0 Å². The summed E-state index contributed by atoms with van der Waals surface area (Å²) in [6.45, 7) is 0.0793. The van der Waals surface area contributed by atoms with Crippen molar-refractivity contribution in [2.75, 3.05) is 11.9 Å². The van der Waals surface area contributed by atoms with Crippen LogP contribution in [0, 0.1) is 17.7 Å². The number of carbonyl (C=O) groups is 1. The smallest absolute Gasteiger partial charge is 0.226 e. The largest absolute Gasteiger partial charge is 0.384 e. The van der Waals surface area contributed by atoms with Crippen molar-refractivity contribution in [3.05, 3.63) is 42.2 Å². The first-order chi connectivity index (χ1) is 10.2. The number of nitrogens with one attached hydrogen (secondary N) is 1. The van der Waals surface area contributed by atoms with Crippen LogP contribution in [0.25, 0.3) is 0 Å². The molecule has 2 aromatic rings. The van der Waals surface area contributed by atoms with Gasteiger partial charge >= 0.3 is 0 Å². The number of carbonyl (C=O) groups excluding carboxylic acids is 1. The molecule has 2 rings (SSSR count). The van der Waals surface area contributed by atoms with Gasteiger partial charge in [-0.2, -0.15) is 5.10 Å². The molecule has 0 unspecified atom stereocenters. The van der Waals surface area contributed by atoms with Crippen molar-refractivity contribution in [1.82, 2.24) is 14.8 Å². The van der Waals surface area contributed by atoms with Gasteiger partial charge in [-0.1, -0.05) is 11.8 Å². The van der Waals surface area contributed by atoms with Crippen molar-refractivity contribution in [2.45, 2.75) is 13.0 Å². The Bertz CT molecular complexity index is 674. The summed E-state index contributed by atoms with van der Waals surface area (Å²) < 4.78 is 15.3. The Kier molecular flexibility index (Phi) is 5.01. The molecule has 1 aromatic carbocycles. The Morgan fingerprint density at radius 3 is 3.00 bits per heavy atom. The Morgan fingerprint density at radius 1 is 1.48 bits per heavy atom. The molecule has 1 aromatic heterocycles. The summed E-state index contributed by atoms with van der Waals surface area (Å²) in [7, 11) is 0. The van der Waals surface area contributed by atoms with Crippen LogP contribution in [-0.2, 0) is 11.3 Å². The van der Waals surface area contributed by atoms with Gasteiger partial charge < -0.3 is 10.4 Å². The third-order valence-electron chi connectivity index (χ3n) is 2.59. The first-order valence-electron chi connectivity index (χ1n) is 6.20. The molecule has 2 N–H and O–H groups in total. The number of hydrogen-bond donors (Lipinski definition) is 2. The third kappa shape index (κ3) is 4.40. The fraction of sp³-hybridized carbons (Fsp3) is 0.214. The number of anilines is 1. The Labute approximate surface area is 120 Å². The van der Waals surface area contributed by atoms with Crippen LogP contribution < -0.4 is 5.32 Å². The summed E-state index contributed by atoms with van der Waals surface area (Å²) in [5, 5.41) is 14.9. The fourth-order valence-corrected chi connectivity index (χ4v) is 1.61. The van der Waals surface area contributed by atoms with E-state index in [-0.39, 0.29) is 24.6 Å². The van der Waals surface area contributed by atoms with Gasteiger partial charge in [0.1, 0.15) is 25.1 Å². The number of nitrogens with zero attached hydrogens (tertiary/aromatic N) is 3. The average Bonchev–Trinajstić information content (AvgIpc) is 2.99. The Balaban J connectivity index is 1.94. The molecular formula is C14H13FN4O2. The monoisotopic (exact) mass is 288 g/mol. The number of aromatic nitrogens is 3. The summed E-state index contributed by atoms with van der Waals surface area (Å²) in [5.41, 5.74) is 0.523. The van der Waals surface area contributed by atoms with Gasteiger partial charge in [0.05, 0.1) is 12.2 Å². The van der Waals surface area contributed by atoms with E-state index in [0.717, 1.165) is 0 Å². The van der Waals surface area contributed by atoms with Crippen LogP contribution in [0.1, 0.15) is 12.0 Å². The number of aliphatic hydroxyl groups is 1. The number of benzene rings is 1. The van der Waals surface area contributed by atoms with E-state index in [1.54, 1.807) is 6.07 Å². The zero-order chi connectivity index (χ0) is 15.1. The zero-order valence-electron chi connectivity index (χ0n) is 11.1. The maximum atomic E-state index is 13.8. The Hall–Kier alpha value is -2.72. The van der Waals surface area contributed by atoms with Gasteiger partial charge in [-0.15, -0.1) is 0 Å². The van der Waals surface area contributed by atoms with Crippen molar-refractivity contribution in [3.63, 3.8) is 0 Å². The SMILES string of the molecule is O=C(CCn1cncn1)Nc1ccc(C#CCO)cc1F. The van der Waals surface area contributed by atoms with E-state index in [4.69, 9.17) is 5.11 Å². The molecule has 6 nitrogen and oxygen atoms in total. The number of hydrogen-bond acceptors (Lipinski definition) is 4. The standard InChI is InChI=1S/C14H13FN4O2/c15-12-8-11(2-1-7-20)3-4-13(12)18-14(21)5-6-19-10-16-9-17-19/h3-4,8-10,20H,5-7H2,(H,18,21). The van der Waals surface area contributed by atoms with E-state index in [2.05, 4.69) is 27.2 Å². The number of aryl methyl sites for hydroxylation is 1. The molecule has 0 saturated heterocycles. The van der Waals surface area contributed by atoms with E-state index in [9.17, 15) is 9.18 Å². The number of halogens is 1. The molecule has 0 aliphatic rings. The second-order valence-electron chi connectivity index (χ2n) is 4.11. The molecule has 0 aliphatic carbocycles. The van der Waals surface area contributed by atoms with Crippen molar-refractivity contribution >= 4 is 11.6 Å². The van der Waals surface area contributed by atoms with Crippen molar-refractivity contribution in [2.24, 2.45) is 0 Å². The van der Waals surface area contributed by atoms with Gasteiger partial charge in [-0.3, -0.25) is 9.48 Å². The minimum Gasteiger partial charge on any atom is -0.384 e. The van der Waals surface area contributed by atoms with Gasteiger partial charge in [-0.25, -0.2) is 9.37 Å². The van der Waals surface area contributed by atoms with Crippen LogP contribution in [0.15, 0.2) is 30.9 Å². The molecule has 108 valence electrons. The maximum Gasteiger partial charge on any atom is 0.226 e. The van der Waals surface area contributed by atoms with Gasteiger partial charge in [-0.05, 0) is 18.2 Å². The second kappa shape index (κ2) is 7.17. The van der Waals surface area contributed by atoms with E-state index < -0.39 is 5.82 Å². The van der Waals surface area contributed by atoms with Crippen LogP contribution in [0.2, 0.25) is 0 Å². The normalized spacial score (nSPS) is 9.81. The minimum absolute atomic E-state index is 0.0909. The first kappa shape index (κ1) is 14.7. The molecule has 0 bridgehead atoms. The molecule has 0 saturated carbocycles. The van der Waals surface area contributed by atoms with Crippen LogP contribution in [0.5, 0.6) is 0 Å². The lowest BCUT2D eigenvalue weighted by Crippen LogP contribution is -2.15. The topological polar surface area (TPSA) is 80.0 Å². The molecule has 1 amide bonds. The van der Waals surface area contributed by atoms with E-state index in [1.807, 2.05) is 0 Å². The lowest BCUT2D eigenvalue weighted by Gasteiger charge is -2.06. The van der Waals surface area contributed by atoms with Crippen LogP contribution in [-0.4, -0.2) is 32.4 Å². The summed E-state index contributed by atoms with van der Waals surface area (Å²) >= 11 is 0.